The predicted molar refractivity (Wildman–Crippen MR) is 60.5 cm³/mol. The molecule has 2 amide bonds. The third-order valence-corrected chi connectivity index (χ3v) is 2.57. The quantitative estimate of drug-likeness (QED) is 0.746. The van der Waals surface area contributed by atoms with Crippen molar-refractivity contribution in [3.63, 3.8) is 0 Å². The average molecular weight is 234 g/mol. The Morgan fingerprint density at radius 1 is 1.41 bits per heavy atom. The Kier molecular flexibility index (Phi) is 3.72. The summed E-state index contributed by atoms with van der Waals surface area (Å²) in [5, 5.41) is 2.57. The van der Waals surface area contributed by atoms with Gasteiger partial charge >= 0.3 is 0 Å². The highest BCUT2D eigenvalue weighted by Crippen LogP contribution is 2.06. The van der Waals surface area contributed by atoms with Crippen LogP contribution < -0.4 is 10.8 Å². The van der Waals surface area contributed by atoms with E-state index in [4.69, 9.17) is 4.84 Å². The van der Waals surface area contributed by atoms with Crippen LogP contribution in [0.3, 0.4) is 0 Å². The van der Waals surface area contributed by atoms with Crippen LogP contribution in [0.4, 0.5) is 0 Å². The first kappa shape index (κ1) is 11.6. The van der Waals surface area contributed by atoms with Gasteiger partial charge in [-0.15, -0.1) is 0 Å². The monoisotopic (exact) mass is 234 g/mol. The molecule has 0 aromatic heterocycles. The van der Waals surface area contributed by atoms with Crippen LogP contribution in [0.15, 0.2) is 30.3 Å². The van der Waals surface area contributed by atoms with Crippen LogP contribution in [-0.4, -0.2) is 17.9 Å². The third kappa shape index (κ3) is 3.29. The fourth-order valence-corrected chi connectivity index (χ4v) is 1.65. The van der Waals surface area contributed by atoms with Crippen molar-refractivity contribution in [3.05, 3.63) is 35.9 Å². The van der Waals surface area contributed by atoms with Crippen molar-refractivity contribution in [1.29, 1.82) is 0 Å². The van der Waals surface area contributed by atoms with Gasteiger partial charge in [0, 0.05) is 6.42 Å². The second kappa shape index (κ2) is 5.45. The lowest BCUT2D eigenvalue weighted by atomic mass is 10.2. The summed E-state index contributed by atoms with van der Waals surface area (Å²) < 4.78 is 0. The molecule has 0 radical (unpaired) electrons. The zero-order valence-electron chi connectivity index (χ0n) is 9.31. The number of benzene rings is 1. The Bertz CT molecular complexity index is 405. The van der Waals surface area contributed by atoms with E-state index in [0.717, 1.165) is 5.56 Å². The standard InChI is InChI=1S/C12H14N2O3/c15-11-7-6-10(13-11)12(16)14-17-8-9-4-2-1-3-5-9/h1-5,10H,6-8H2,(H,13,15)(H,14,16)/t10-/m1/s1. The molecule has 0 bridgehead atoms. The van der Waals surface area contributed by atoms with Gasteiger partial charge in [0.2, 0.25) is 5.91 Å². The summed E-state index contributed by atoms with van der Waals surface area (Å²) >= 11 is 0. The summed E-state index contributed by atoms with van der Waals surface area (Å²) in [5.41, 5.74) is 3.32. The van der Waals surface area contributed by atoms with Crippen LogP contribution in [0.25, 0.3) is 0 Å². The van der Waals surface area contributed by atoms with Crippen molar-refractivity contribution in [2.45, 2.75) is 25.5 Å². The number of hydrogen-bond donors (Lipinski definition) is 2. The van der Waals surface area contributed by atoms with Gasteiger partial charge in [0.25, 0.3) is 5.91 Å². The molecule has 2 N–H and O–H groups in total. The number of carbonyl (C=O) groups excluding carboxylic acids is 2. The van der Waals surface area contributed by atoms with Crippen molar-refractivity contribution in [1.82, 2.24) is 10.8 Å². The fraction of sp³-hybridized carbons (Fsp3) is 0.333. The Morgan fingerprint density at radius 3 is 2.82 bits per heavy atom. The van der Waals surface area contributed by atoms with E-state index in [0.29, 0.717) is 19.4 Å². The van der Waals surface area contributed by atoms with E-state index < -0.39 is 6.04 Å². The second-order valence-electron chi connectivity index (χ2n) is 3.90. The van der Waals surface area contributed by atoms with E-state index in [1.807, 2.05) is 30.3 Å². The van der Waals surface area contributed by atoms with Crippen LogP contribution in [0.1, 0.15) is 18.4 Å². The molecule has 1 saturated heterocycles. The molecule has 1 heterocycles. The minimum atomic E-state index is -0.460. The first-order valence-corrected chi connectivity index (χ1v) is 5.50. The van der Waals surface area contributed by atoms with Crippen molar-refractivity contribution < 1.29 is 14.4 Å². The summed E-state index contributed by atoms with van der Waals surface area (Å²) in [4.78, 5) is 27.5. The minimum Gasteiger partial charge on any atom is -0.344 e. The average Bonchev–Trinajstić information content (AvgIpc) is 2.77. The molecule has 0 saturated carbocycles. The zero-order valence-corrected chi connectivity index (χ0v) is 9.31. The molecule has 1 aliphatic heterocycles. The summed E-state index contributed by atoms with van der Waals surface area (Å²) in [7, 11) is 0. The van der Waals surface area contributed by atoms with Gasteiger partial charge in [-0.3, -0.25) is 14.4 Å². The SMILES string of the molecule is O=C1CC[C@H](C(=O)NOCc2ccccc2)N1. The lowest BCUT2D eigenvalue weighted by molar-refractivity contribution is -0.137. The number of nitrogens with one attached hydrogen (secondary N) is 2. The molecule has 1 aliphatic rings. The molecule has 5 nitrogen and oxygen atoms in total. The maximum atomic E-state index is 11.5. The molecule has 17 heavy (non-hydrogen) atoms. The maximum Gasteiger partial charge on any atom is 0.266 e. The van der Waals surface area contributed by atoms with E-state index in [2.05, 4.69) is 10.8 Å². The van der Waals surface area contributed by atoms with Crippen molar-refractivity contribution in [2.75, 3.05) is 0 Å². The van der Waals surface area contributed by atoms with Gasteiger partial charge in [0.15, 0.2) is 0 Å². The van der Waals surface area contributed by atoms with Crippen LogP contribution in [0.5, 0.6) is 0 Å². The van der Waals surface area contributed by atoms with E-state index in [9.17, 15) is 9.59 Å². The summed E-state index contributed by atoms with van der Waals surface area (Å²) in [6.45, 7) is 0.313. The largest absolute Gasteiger partial charge is 0.344 e. The minimum absolute atomic E-state index is 0.0896. The molecular formula is C12H14N2O3. The molecule has 1 aromatic carbocycles. The van der Waals surface area contributed by atoms with Crippen molar-refractivity contribution in [3.8, 4) is 0 Å². The lowest BCUT2D eigenvalue weighted by Crippen LogP contribution is -2.41. The molecular weight excluding hydrogens is 220 g/mol. The highest BCUT2D eigenvalue weighted by atomic mass is 16.6. The number of amides is 2. The van der Waals surface area contributed by atoms with Gasteiger partial charge in [-0.2, -0.15) is 0 Å². The Balaban J connectivity index is 1.72. The Hall–Kier alpha value is -1.88. The highest BCUT2D eigenvalue weighted by Gasteiger charge is 2.27. The number of rotatable bonds is 4. The number of hydrogen-bond acceptors (Lipinski definition) is 3. The van der Waals surface area contributed by atoms with Gasteiger partial charge in [-0.1, -0.05) is 30.3 Å². The summed E-state index contributed by atoms with van der Waals surface area (Å²) in [6.07, 6.45) is 0.927. The van der Waals surface area contributed by atoms with Crippen LogP contribution in [-0.2, 0) is 21.0 Å². The van der Waals surface area contributed by atoms with Crippen LogP contribution >= 0.6 is 0 Å². The zero-order chi connectivity index (χ0) is 12.1. The molecule has 0 spiro atoms. The normalized spacial score (nSPS) is 18.8. The van der Waals surface area contributed by atoms with Crippen molar-refractivity contribution in [2.24, 2.45) is 0 Å². The van der Waals surface area contributed by atoms with Gasteiger partial charge < -0.3 is 5.32 Å². The first-order valence-electron chi connectivity index (χ1n) is 5.50. The molecule has 1 atom stereocenters. The van der Waals surface area contributed by atoms with Gasteiger partial charge in [0.05, 0.1) is 6.61 Å². The van der Waals surface area contributed by atoms with Gasteiger partial charge in [-0.25, -0.2) is 5.48 Å². The Morgan fingerprint density at radius 2 is 2.18 bits per heavy atom. The van der Waals surface area contributed by atoms with E-state index >= 15 is 0 Å². The van der Waals surface area contributed by atoms with Crippen molar-refractivity contribution >= 4 is 11.8 Å². The maximum absolute atomic E-state index is 11.5. The molecule has 90 valence electrons. The van der Waals surface area contributed by atoms with E-state index in [1.165, 1.54) is 0 Å². The number of carbonyl (C=O) groups is 2. The van der Waals surface area contributed by atoms with Crippen LogP contribution in [0, 0.1) is 0 Å². The molecule has 0 aliphatic carbocycles. The molecule has 1 fully saturated rings. The number of hydroxylamine groups is 1. The summed E-state index contributed by atoms with van der Waals surface area (Å²) in [5.74, 6) is -0.389. The van der Waals surface area contributed by atoms with Crippen LogP contribution in [0.2, 0.25) is 0 Å². The molecule has 0 unspecified atom stereocenters. The fourth-order valence-electron chi connectivity index (χ4n) is 1.65. The molecule has 5 heteroatoms. The predicted octanol–water partition coefficient (Wildman–Crippen LogP) is 0.513. The van der Waals surface area contributed by atoms with E-state index in [-0.39, 0.29) is 11.8 Å². The van der Waals surface area contributed by atoms with Gasteiger partial charge in [0.1, 0.15) is 6.04 Å². The second-order valence-corrected chi connectivity index (χ2v) is 3.90. The summed E-state index contributed by atoms with van der Waals surface area (Å²) in [6, 6.07) is 9.07. The highest BCUT2D eigenvalue weighted by molar-refractivity contribution is 5.90. The Labute approximate surface area is 99.1 Å². The first-order chi connectivity index (χ1) is 8.25. The lowest BCUT2D eigenvalue weighted by Gasteiger charge is -2.10. The van der Waals surface area contributed by atoms with E-state index in [1.54, 1.807) is 0 Å². The topological polar surface area (TPSA) is 67.4 Å². The smallest absolute Gasteiger partial charge is 0.266 e. The molecule has 1 aromatic rings. The third-order valence-electron chi connectivity index (χ3n) is 2.57. The molecule has 2 rings (SSSR count). The van der Waals surface area contributed by atoms with Gasteiger partial charge in [-0.05, 0) is 12.0 Å².